The van der Waals surface area contributed by atoms with Crippen LogP contribution in [0.3, 0.4) is 0 Å². The predicted octanol–water partition coefficient (Wildman–Crippen LogP) is 2.99. The quantitative estimate of drug-likeness (QED) is 0.919. The van der Waals surface area contributed by atoms with Crippen molar-refractivity contribution in [2.45, 2.75) is 13.0 Å². The molecule has 1 aliphatic rings. The van der Waals surface area contributed by atoms with Gasteiger partial charge in [-0.25, -0.2) is 0 Å². The van der Waals surface area contributed by atoms with Crippen LogP contribution in [0.15, 0.2) is 54.6 Å². The monoisotopic (exact) mass is 266 g/mol. The van der Waals surface area contributed by atoms with Crippen molar-refractivity contribution < 1.29 is 0 Å². The summed E-state index contributed by atoms with van der Waals surface area (Å²) < 4.78 is 0. The molecule has 104 valence electrons. The van der Waals surface area contributed by atoms with Crippen molar-refractivity contribution in [3.63, 3.8) is 0 Å². The maximum absolute atomic E-state index is 3.44. The topological polar surface area (TPSA) is 15.3 Å². The largest absolute Gasteiger partial charge is 0.314 e. The predicted molar refractivity (Wildman–Crippen MR) is 83.9 cm³/mol. The van der Waals surface area contributed by atoms with E-state index in [0.29, 0.717) is 6.04 Å². The van der Waals surface area contributed by atoms with Gasteiger partial charge in [0.2, 0.25) is 0 Å². The lowest BCUT2D eigenvalue weighted by atomic mass is 9.95. The summed E-state index contributed by atoms with van der Waals surface area (Å²) in [6, 6.07) is 20.1. The zero-order valence-electron chi connectivity index (χ0n) is 12.0. The van der Waals surface area contributed by atoms with Gasteiger partial charge in [0.15, 0.2) is 0 Å². The second kappa shape index (κ2) is 6.21. The van der Waals surface area contributed by atoms with Gasteiger partial charge in [0.1, 0.15) is 0 Å². The van der Waals surface area contributed by atoms with Crippen molar-refractivity contribution in [1.82, 2.24) is 10.2 Å². The number of piperazine rings is 1. The Morgan fingerprint density at radius 1 is 0.900 bits per heavy atom. The Morgan fingerprint density at radius 3 is 2.30 bits per heavy atom. The van der Waals surface area contributed by atoms with Gasteiger partial charge in [0.25, 0.3) is 0 Å². The number of benzene rings is 2. The van der Waals surface area contributed by atoms with Crippen LogP contribution >= 0.6 is 0 Å². The van der Waals surface area contributed by atoms with E-state index >= 15 is 0 Å². The molecule has 1 saturated heterocycles. The van der Waals surface area contributed by atoms with Crippen LogP contribution in [0.4, 0.5) is 0 Å². The van der Waals surface area contributed by atoms with Gasteiger partial charge in [-0.3, -0.25) is 4.90 Å². The Balaban J connectivity index is 1.98. The van der Waals surface area contributed by atoms with Crippen molar-refractivity contribution in [1.29, 1.82) is 0 Å². The molecule has 0 amide bonds. The number of hydrogen-bond donors (Lipinski definition) is 1. The van der Waals surface area contributed by atoms with Gasteiger partial charge >= 0.3 is 0 Å². The van der Waals surface area contributed by atoms with Gasteiger partial charge in [0, 0.05) is 26.2 Å². The summed E-state index contributed by atoms with van der Waals surface area (Å²) in [6.07, 6.45) is 0. The van der Waals surface area contributed by atoms with E-state index < -0.39 is 0 Å². The molecule has 2 aromatic rings. The molecule has 1 N–H and O–H groups in total. The third-order valence-electron chi connectivity index (χ3n) is 3.99. The number of hydrogen-bond acceptors (Lipinski definition) is 2. The van der Waals surface area contributed by atoms with Crippen molar-refractivity contribution in [2.24, 2.45) is 0 Å². The third-order valence-corrected chi connectivity index (χ3v) is 3.99. The molecule has 1 aliphatic heterocycles. The van der Waals surface area contributed by atoms with E-state index in [9.17, 15) is 0 Å². The van der Waals surface area contributed by atoms with Gasteiger partial charge in [-0.15, -0.1) is 0 Å². The molecule has 3 rings (SSSR count). The van der Waals surface area contributed by atoms with Crippen LogP contribution in [-0.2, 0) is 0 Å². The second-order valence-electron chi connectivity index (χ2n) is 5.51. The summed E-state index contributed by atoms with van der Waals surface area (Å²) in [4.78, 5) is 2.58. The summed E-state index contributed by atoms with van der Waals surface area (Å²) in [5.41, 5.74) is 4.12. The Kier molecular flexibility index (Phi) is 4.14. The number of nitrogens with one attached hydrogen (secondary N) is 1. The second-order valence-corrected chi connectivity index (χ2v) is 5.51. The van der Waals surface area contributed by atoms with Crippen LogP contribution < -0.4 is 5.32 Å². The first-order valence-corrected chi connectivity index (χ1v) is 7.41. The molecule has 0 saturated carbocycles. The molecule has 0 spiro atoms. The molecular weight excluding hydrogens is 244 g/mol. The van der Waals surface area contributed by atoms with Crippen molar-refractivity contribution in [3.05, 3.63) is 71.3 Å². The maximum Gasteiger partial charge on any atom is 0.0602 e. The number of aryl methyl sites for hydroxylation is 1. The summed E-state index contributed by atoms with van der Waals surface area (Å²) >= 11 is 0. The van der Waals surface area contributed by atoms with E-state index in [1.807, 2.05) is 0 Å². The van der Waals surface area contributed by atoms with Crippen LogP contribution in [0.25, 0.3) is 0 Å². The first-order chi connectivity index (χ1) is 9.84. The fourth-order valence-corrected chi connectivity index (χ4v) is 3.03. The highest BCUT2D eigenvalue weighted by atomic mass is 15.2. The molecule has 2 aromatic carbocycles. The molecule has 1 atom stereocenters. The van der Waals surface area contributed by atoms with E-state index in [1.165, 1.54) is 16.7 Å². The minimum absolute atomic E-state index is 0.373. The zero-order valence-corrected chi connectivity index (χ0v) is 12.0. The standard InChI is InChI=1S/C18H22N2/c1-15-6-5-9-17(14-15)18(16-7-3-2-4-8-16)20-12-10-19-11-13-20/h2-9,14,18-19H,10-13H2,1H3/t18-/m0/s1. The minimum Gasteiger partial charge on any atom is -0.314 e. The first-order valence-electron chi connectivity index (χ1n) is 7.41. The summed E-state index contributed by atoms with van der Waals surface area (Å²) in [7, 11) is 0. The summed E-state index contributed by atoms with van der Waals surface area (Å²) in [6.45, 7) is 6.54. The molecular formula is C18H22N2. The first kappa shape index (κ1) is 13.3. The molecule has 2 heteroatoms. The lowest BCUT2D eigenvalue weighted by molar-refractivity contribution is 0.198. The van der Waals surface area contributed by atoms with Gasteiger partial charge in [-0.1, -0.05) is 60.2 Å². The fourth-order valence-electron chi connectivity index (χ4n) is 3.03. The number of rotatable bonds is 3. The molecule has 2 nitrogen and oxygen atoms in total. The highest BCUT2D eigenvalue weighted by Crippen LogP contribution is 2.29. The van der Waals surface area contributed by atoms with E-state index in [1.54, 1.807) is 0 Å². The lowest BCUT2D eigenvalue weighted by Crippen LogP contribution is -2.45. The number of nitrogens with zero attached hydrogens (tertiary/aromatic N) is 1. The normalized spacial score (nSPS) is 17.9. The van der Waals surface area contributed by atoms with Gasteiger partial charge in [0.05, 0.1) is 6.04 Å². The highest BCUT2D eigenvalue weighted by molar-refractivity contribution is 5.34. The van der Waals surface area contributed by atoms with Crippen molar-refractivity contribution >= 4 is 0 Å². The molecule has 1 heterocycles. The Hall–Kier alpha value is -1.64. The molecule has 20 heavy (non-hydrogen) atoms. The molecule has 0 aromatic heterocycles. The van der Waals surface area contributed by atoms with E-state index in [-0.39, 0.29) is 0 Å². The van der Waals surface area contributed by atoms with Crippen LogP contribution in [0.2, 0.25) is 0 Å². The third kappa shape index (κ3) is 2.92. The molecule has 1 fully saturated rings. The van der Waals surface area contributed by atoms with Crippen LogP contribution in [-0.4, -0.2) is 31.1 Å². The SMILES string of the molecule is Cc1cccc([C@H](c2ccccc2)N2CCNCC2)c1. The Labute approximate surface area is 121 Å². The lowest BCUT2D eigenvalue weighted by Gasteiger charge is -2.35. The smallest absolute Gasteiger partial charge is 0.0602 e. The van der Waals surface area contributed by atoms with E-state index in [0.717, 1.165) is 26.2 Å². The van der Waals surface area contributed by atoms with Gasteiger partial charge < -0.3 is 5.32 Å². The highest BCUT2D eigenvalue weighted by Gasteiger charge is 2.23. The Bertz CT molecular complexity index is 544. The minimum atomic E-state index is 0.373. The Morgan fingerprint density at radius 2 is 1.60 bits per heavy atom. The van der Waals surface area contributed by atoms with E-state index in [2.05, 4.69) is 71.7 Å². The van der Waals surface area contributed by atoms with Crippen LogP contribution in [0.1, 0.15) is 22.7 Å². The van der Waals surface area contributed by atoms with Crippen molar-refractivity contribution in [2.75, 3.05) is 26.2 Å². The maximum atomic E-state index is 3.44. The summed E-state index contributed by atoms with van der Waals surface area (Å²) in [5, 5.41) is 3.44. The molecule has 0 unspecified atom stereocenters. The van der Waals surface area contributed by atoms with Crippen LogP contribution in [0.5, 0.6) is 0 Å². The van der Waals surface area contributed by atoms with Crippen LogP contribution in [0, 0.1) is 6.92 Å². The summed E-state index contributed by atoms with van der Waals surface area (Å²) in [5.74, 6) is 0. The van der Waals surface area contributed by atoms with Gasteiger partial charge in [-0.05, 0) is 18.1 Å². The average Bonchev–Trinajstić information content (AvgIpc) is 2.50. The fraction of sp³-hybridized carbons (Fsp3) is 0.333. The average molecular weight is 266 g/mol. The van der Waals surface area contributed by atoms with E-state index in [4.69, 9.17) is 0 Å². The zero-order chi connectivity index (χ0) is 13.8. The molecule has 0 aliphatic carbocycles. The van der Waals surface area contributed by atoms with Gasteiger partial charge in [-0.2, -0.15) is 0 Å². The molecule has 0 radical (unpaired) electrons. The van der Waals surface area contributed by atoms with Crippen molar-refractivity contribution in [3.8, 4) is 0 Å². The molecule has 0 bridgehead atoms.